The molecule has 0 amide bonds. The molecule has 0 bridgehead atoms. The van der Waals surface area contributed by atoms with Crippen molar-refractivity contribution < 1.29 is 13.9 Å². The zero-order chi connectivity index (χ0) is 19.7. The van der Waals surface area contributed by atoms with Crippen LogP contribution in [0.3, 0.4) is 0 Å². The molecular formula is C22H16F2N2NaO2. The van der Waals surface area contributed by atoms with Crippen molar-refractivity contribution in [1.29, 1.82) is 0 Å². The monoisotopic (exact) mass is 401 g/mol. The minimum absolute atomic E-state index is 0. The molecule has 141 valence electrons. The maximum atomic E-state index is 13.7. The standard InChI is InChI=1S/C22H16F2N2O2.Na/c23-15-5-3-4-14(12-15)10-11-26-21(17-6-1-2-7-20(17)27)25-19-9-8-16(24)13-18(19)22(26)28;/h1-9,12-13,27H,10-11H2;. The number of hydrogen-bond acceptors (Lipinski definition) is 3. The van der Waals surface area contributed by atoms with E-state index < -0.39 is 11.4 Å². The zero-order valence-corrected chi connectivity index (χ0v) is 17.8. The van der Waals surface area contributed by atoms with Gasteiger partial charge < -0.3 is 5.11 Å². The number of aromatic nitrogens is 2. The second kappa shape index (κ2) is 8.86. The van der Waals surface area contributed by atoms with Gasteiger partial charge in [0, 0.05) is 36.1 Å². The number of fused-ring (bicyclic) bond motifs is 1. The predicted octanol–water partition coefficient (Wildman–Crippen LogP) is 3.91. The Bertz CT molecular complexity index is 1240. The fourth-order valence-electron chi connectivity index (χ4n) is 3.20. The van der Waals surface area contributed by atoms with Gasteiger partial charge >= 0.3 is 0 Å². The molecule has 1 radical (unpaired) electrons. The van der Waals surface area contributed by atoms with Crippen molar-refractivity contribution in [2.45, 2.75) is 13.0 Å². The number of phenolic OH excluding ortho intramolecular Hbond substituents is 1. The Morgan fingerprint density at radius 1 is 0.931 bits per heavy atom. The first-order valence-corrected chi connectivity index (χ1v) is 8.76. The van der Waals surface area contributed by atoms with Crippen LogP contribution in [-0.4, -0.2) is 44.2 Å². The number of phenols is 1. The Balaban J connectivity index is 0.00000240. The van der Waals surface area contributed by atoms with E-state index in [0.29, 0.717) is 17.5 Å². The van der Waals surface area contributed by atoms with Gasteiger partial charge in [0.15, 0.2) is 0 Å². The first-order valence-electron chi connectivity index (χ1n) is 8.76. The van der Waals surface area contributed by atoms with E-state index in [9.17, 15) is 18.7 Å². The summed E-state index contributed by atoms with van der Waals surface area (Å²) < 4.78 is 28.5. The molecule has 0 aliphatic heterocycles. The van der Waals surface area contributed by atoms with Gasteiger partial charge in [-0.05, 0) is 54.4 Å². The summed E-state index contributed by atoms with van der Waals surface area (Å²) in [4.78, 5) is 17.6. The van der Waals surface area contributed by atoms with Crippen LogP contribution in [-0.2, 0) is 13.0 Å². The van der Waals surface area contributed by atoms with Gasteiger partial charge in [-0.15, -0.1) is 0 Å². The molecule has 0 aliphatic carbocycles. The molecule has 0 unspecified atom stereocenters. The van der Waals surface area contributed by atoms with Gasteiger partial charge in [-0.1, -0.05) is 24.3 Å². The van der Waals surface area contributed by atoms with Gasteiger partial charge in [0.05, 0.1) is 16.5 Å². The molecule has 3 aromatic carbocycles. The normalized spacial score (nSPS) is 10.7. The van der Waals surface area contributed by atoms with E-state index in [1.54, 1.807) is 30.3 Å². The van der Waals surface area contributed by atoms with Crippen LogP contribution in [0, 0.1) is 11.6 Å². The van der Waals surface area contributed by atoms with Crippen molar-refractivity contribution in [3.63, 3.8) is 0 Å². The minimum atomic E-state index is -0.529. The van der Waals surface area contributed by atoms with Crippen molar-refractivity contribution in [1.82, 2.24) is 9.55 Å². The quantitative estimate of drug-likeness (QED) is 0.528. The topological polar surface area (TPSA) is 55.1 Å². The average Bonchev–Trinajstić information content (AvgIpc) is 2.68. The molecule has 1 heterocycles. The van der Waals surface area contributed by atoms with E-state index in [1.165, 1.54) is 34.9 Å². The first kappa shape index (κ1) is 21.2. The number of aromatic hydroxyl groups is 1. The summed E-state index contributed by atoms with van der Waals surface area (Å²) in [5.74, 6) is -0.628. The van der Waals surface area contributed by atoms with Crippen molar-refractivity contribution in [3.8, 4) is 17.1 Å². The maximum Gasteiger partial charge on any atom is 0.261 e. The first-order chi connectivity index (χ1) is 13.5. The van der Waals surface area contributed by atoms with E-state index >= 15 is 0 Å². The van der Waals surface area contributed by atoms with Crippen LogP contribution in [0.4, 0.5) is 8.78 Å². The fourth-order valence-corrected chi connectivity index (χ4v) is 3.20. The van der Waals surface area contributed by atoms with Gasteiger partial charge in [0.2, 0.25) is 0 Å². The fraction of sp³-hybridized carbons (Fsp3) is 0.0909. The number of nitrogens with zero attached hydrogens (tertiary/aromatic N) is 2. The van der Waals surface area contributed by atoms with E-state index in [0.717, 1.165) is 11.6 Å². The number of para-hydroxylation sites is 1. The smallest absolute Gasteiger partial charge is 0.261 e. The molecule has 0 atom stereocenters. The van der Waals surface area contributed by atoms with Gasteiger partial charge in [0.25, 0.3) is 5.56 Å². The van der Waals surface area contributed by atoms with Crippen molar-refractivity contribution >= 4 is 40.5 Å². The van der Waals surface area contributed by atoms with E-state index in [1.807, 2.05) is 0 Å². The van der Waals surface area contributed by atoms with Crippen LogP contribution < -0.4 is 5.56 Å². The number of aryl methyl sites for hydroxylation is 1. The number of benzene rings is 3. The summed E-state index contributed by atoms with van der Waals surface area (Å²) in [7, 11) is 0. The SMILES string of the molecule is O=c1c2cc(F)ccc2nc(-c2ccccc2O)n1CCc1cccc(F)c1.[Na]. The molecule has 1 N–H and O–H groups in total. The Kier molecular flexibility index (Phi) is 6.47. The Morgan fingerprint density at radius 3 is 2.45 bits per heavy atom. The predicted molar refractivity (Wildman–Crippen MR) is 109 cm³/mol. The Hall–Kier alpha value is -2.54. The third kappa shape index (κ3) is 4.40. The molecule has 4 aromatic rings. The molecule has 29 heavy (non-hydrogen) atoms. The molecule has 0 saturated heterocycles. The molecule has 1 aromatic heterocycles. The van der Waals surface area contributed by atoms with E-state index in [2.05, 4.69) is 4.98 Å². The van der Waals surface area contributed by atoms with Crippen molar-refractivity contribution in [2.24, 2.45) is 0 Å². The third-order valence-electron chi connectivity index (χ3n) is 4.57. The van der Waals surface area contributed by atoms with Crippen LogP contribution in [0.2, 0.25) is 0 Å². The summed E-state index contributed by atoms with van der Waals surface area (Å²) in [6, 6.07) is 16.5. The van der Waals surface area contributed by atoms with Crippen molar-refractivity contribution in [2.75, 3.05) is 0 Å². The van der Waals surface area contributed by atoms with Crippen LogP contribution in [0.25, 0.3) is 22.3 Å². The summed E-state index contributed by atoms with van der Waals surface area (Å²) in [6.45, 7) is 0.200. The molecule has 0 fully saturated rings. The maximum absolute atomic E-state index is 13.7. The minimum Gasteiger partial charge on any atom is -0.507 e. The molecule has 7 heteroatoms. The van der Waals surface area contributed by atoms with Crippen LogP contribution in [0.15, 0.2) is 71.5 Å². The molecule has 0 aliphatic rings. The van der Waals surface area contributed by atoms with Gasteiger partial charge in [0.1, 0.15) is 23.2 Å². The van der Waals surface area contributed by atoms with Gasteiger partial charge in [-0.25, -0.2) is 13.8 Å². The molecule has 0 spiro atoms. The van der Waals surface area contributed by atoms with Crippen LogP contribution in [0.1, 0.15) is 5.56 Å². The summed E-state index contributed by atoms with van der Waals surface area (Å²) in [6.07, 6.45) is 0.376. The summed E-state index contributed by atoms with van der Waals surface area (Å²) in [5, 5.41) is 10.4. The Labute approximate surface area is 187 Å². The third-order valence-corrected chi connectivity index (χ3v) is 4.57. The van der Waals surface area contributed by atoms with Gasteiger partial charge in [-0.2, -0.15) is 0 Å². The summed E-state index contributed by atoms with van der Waals surface area (Å²) >= 11 is 0. The molecule has 4 nitrogen and oxygen atoms in total. The molecule has 0 saturated carbocycles. The van der Waals surface area contributed by atoms with E-state index in [-0.39, 0.29) is 58.9 Å². The average molecular weight is 401 g/mol. The number of hydrogen-bond donors (Lipinski definition) is 1. The van der Waals surface area contributed by atoms with Crippen molar-refractivity contribution in [3.05, 3.63) is 94.3 Å². The second-order valence-corrected chi connectivity index (χ2v) is 6.45. The number of rotatable bonds is 4. The second-order valence-electron chi connectivity index (χ2n) is 6.45. The van der Waals surface area contributed by atoms with Crippen LogP contribution >= 0.6 is 0 Å². The Morgan fingerprint density at radius 2 is 1.69 bits per heavy atom. The zero-order valence-electron chi connectivity index (χ0n) is 15.8. The van der Waals surface area contributed by atoms with E-state index in [4.69, 9.17) is 0 Å². The van der Waals surface area contributed by atoms with Crippen LogP contribution in [0.5, 0.6) is 5.75 Å². The number of halogens is 2. The molecular weight excluding hydrogens is 385 g/mol. The summed E-state index contributed by atoms with van der Waals surface area (Å²) in [5.41, 5.74) is 1.03. The van der Waals surface area contributed by atoms with Gasteiger partial charge in [-0.3, -0.25) is 9.36 Å². The largest absolute Gasteiger partial charge is 0.507 e. The molecule has 4 rings (SSSR count).